The van der Waals surface area contributed by atoms with Gasteiger partial charge in [0.25, 0.3) is 0 Å². The zero-order valence-corrected chi connectivity index (χ0v) is 14.4. The van der Waals surface area contributed by atoms with Gasteiger partial charge in [0.05, 0.1) is 25.9 Å². The van der Waals surface area contributed by atoms with E-state index < -0.39 is 0 Å². The lowest BCUT2D eigenvalue weighted by Gasteiger charge is -2.04. The van der Waals surface area contributed by atoms with Crippen LogP contribution in [0.3, 0.4) is 0 Å². The first kappa shape index (κ1) is 15.0. The highest BCUT2D eigenvalue weighted by Gasteiger charge is 2.38. The standard InChI is InChI=1S/C20H19N5O/c1-26-14-4-2-3-12(7-14)9-21-20-24-17-6-5-15-16(8-18(17)25-20)19(15)13-10-22-23-11-13/h2-8,10-11,16-17H,9H2,1H3,(H,22,23)(H2,21,24,25)/t16-,17?/m0/s1. The van der Waals surface area contributed by atoms with Gasteiger partial charge in [0, 0.05) is 23.4 Å². The second-order valence-electron chi connectivity index (χ2n) is 6.58. The van der Waals surface area contributed by atoms with Crippen LogP contribution in [0.2, 0.25) is 0 Å². The number of hydrogen-bond acceptors (Lipinski definition) is 3. The van der Waals surface area contributed by atoms with E-state index in [-0.39, 0.29) is 6.04 Å². The lowest BCUT2D eigenvalue weighted by Crippen LogP contribution is -2.27. The van der Waals surface area contributed by atoms with E-state index in [0.29, 0.717) is 12.5 Å². The zero-order chi connectivity index (χ0) is 17.5. The maximum absolute atomic E-state index is 5.27. The van der Waals surface area contributed by atoms with Gasteiger partial charge in [0.2, 0.25) is 0 Å². The molecule has 1 aromatic carbocycles. The summed E-state index contributed by atoms with van der Waals surface area (Å²) in [6.07, 6.45) is 10.5. The number of aromatic amines is 1. The van der Waals surface area contributed by atoms with Crippen LogP contribution in [-0.2, 0) is 6.54 Å². The molecule has 0 spiro atoms. The third-order valence-electron chi connectivity index (χ3n) is 4.94. The average Bonchev–Trinajstić information content (AvgIpc) is 2.98. The van der Waals surface area contributed by atoms with Crippen molar-refractivity contribution in [1.82, 2.24) is 20.8 Å². The van der Waals surface area contributed by atoms with Crippen LogP contribution < -0.4 is 15.4 Å². The van der Waals surface area contributed by atoms with Crippen molar-refractivity contribution in [2.45, 2.75) is 12.6 Å². The highest BCUT2D eigenvalue weighted by atomic mass is 16.5. The monoisotopic (exact) mass is 345 g/mol. The molecule has 2 aliphatic carbocycles. The maximum atomic E-state index is 5.27. The Bertz CT molecular complexity index is 968. The number of ether oxygens (including phenoxy) is 1. The zero-order valence-electron chi connectivity index (χ0n) is 14.4. The van der Waals surface area contributed by atoms with Gasteiger partial charge in [-0.05, 0) is 28.8 Å². The van der Waals surface area contributed by atoms with Gasteiger partial charge in [0.15, 0.2) is 5.96 Å². The van der Waals surface area contributed by atoms with Crippen LogP contribution in [0.1, 0.15) is 11.1 Å². The molecule has 26 heavy (non-hydrogen) atoms. The highest BCUT2D eigenvalue weighted by molar-refractivity contribution is 5.92. The molecule has 1 unspecified atom stereocenters. The minimum absolute atomic E-state index is 0.157. The summed E-state index contributed by atoms with van der Waals surface area (Å²) < 4.78 is 5.27. The third-order valence-corrected chi connectivity index (χ3v) is 4.94. The van der Waals surface area contributed by atoms with Crippen molar-refractivity contribution in [2.75, 3.05) is 7.11 Å². The van der Waals surface area contributed by atoms with Crippen molar-refractivity contribution in [3.63, 3.8) is 0 Å². The van der Waals surface area contributed by atoms with Gasteiger partial charge in [-0.25, -0.2) is 4.99 Å². The molecule has 1 aromatic heterocycles. The van der Waals surface area contributed by atoms with Crippen molar-refractivity contribution in [3.8, 4) is 5.75 Å². The molecule has 0 saturated carbocycles. The molecule has 2 atom stereocenters. The van der Waals surface area contributed by atoms with Gasteiger partial charge in [0.1, 0.15) is 5.75 Å². The van der Waals surface area contributed by atoms with Gasteiger partial charge in [-0.15, -0.1) is 0 Å². The van der Waals surface area contributed by atoms with E-state index >= 15 is 0 Å². The van der Waals surface area contributed by atoms with E-state index in [9.17, 15) is 0 Å². The quantitative estimate of drug-likeness (QED) is 0.795. The van der Waals surface area contributed by atoms with E-state index in [2.05, 4.69) is 50.1 Å². The van der Waals surface area contributed by atoms with Gasteiger partial charge in [-0.2, -0.15) is 5.10 Å². The van der Waals surface area contributed by atoms with Crippen molar-refractivity contribution in [1.29, 1.82) is 0 Å². The Labute approximate surface area is 151 Å². The molecule has 0 bridgehead atoms. The van der Waals surface area contributed by atoms with E-state index in [1.54, 1.807) is 7.11 Å². The molecule has 1 fully saturated rings. The summed E-state index contributed by atoms with van der Waals surface area (Å²) in [5.41, 5.74) is 6.16. The lowest BCUT2D eigenvalue weighted by molar-refractivity contribution is 0.414. The fourth-order valence-electron chi connectivity index (χ4n) is 3.55. The summed E-state index contributed by atoms with van der Waals surface area (Å²) in [7, 11) is 1.68. The number of methoxy groups -OCH3 is 1. The number of nitrogens with zero attached hydrogens (tertiary/aromatic N) is 2. The Morgan fingerprint density at radius 2 is 2.27 bits per heavy atom. The van der Waals surface area contributed by atoms with Crippen molar-refractivity contribution in [2.24, 2.45) is 10.9 Å². The summed E-state index contributed by atoms with van der Waals surface area (Å²) in [6.45, 7) is 0.601. The topological polar surface area (TPSA) is 74.3 Å². The summed E-state index contributed by atoms with van der Waals surface area (Å²) in [5, 5.41) is 13.8. The van der Waals surface area contributed by atoms with Crippen LogP contribution in [0.5, 0.6) is 5.75 Å². The maximum Gasteiger partial charge on any atom is 0.196 e. The second-order valence-corrected chi connectivity index (χ2v) is 6.58. The first-order valence-electron chi connectivity index (χ1n) is 8.66. The number of aromatic nitrogens is 2. The van der Waals surface area contributed by atoms with Gasteiger partial charge < -0.3 is 15.4 Å². The Kier molecular flexibility index (Phi) is 3.41. The van der Waals surface area contributed by atoms with E-state index in [4.69, 9.17) is 4.74 Å². The third kappa shape index (κ3) is 2.60. The van der Waals surface area contributed by atoms with Gasteiger partial charge >= 0.3 is 0 Å². The molecule has 0 amide bonds. The molecule has 6 heteroatoms. The second kappa shape index (κ2) is 5.91. The largest absolute Gasteiger partial charge is 0.497 e. The number of rotatable bonds is 4. The van der Waals surface area contributed by atoms with Crippen LogP contribution in [0.4, 0.5) is 0 Å². The number of nitrogens with one attached hydrogen (secondary N) is 3. The summed E-state index contributed by atoms with van der Waals surface area (Å²) in [4.78, 5) is 4.67. The molecular formula is C20H19N5O. The number of hydrogen-bond donors (Lipinski definition) is 3. The first-order chi connectivity index (χ1) is 12.8. The average molecular weight is 345 g/mol. The molecule has 6 nitrogen and oxygen atoms in total. The summed E-state index contributed by atoms with van der Waals surface area (Å²) in [6, 6.07) is 8.14. The predicted octanol–water partition coefficient (Wildman–Crippen LogP) is 2.37. The molecule has 0 radical (unpaired) electrons. The molecule has 2 heterocycles. The number of aliphatic imine (C=N–C) groups is 1. The molecule has 5 rings (SSSR count). The Hall–Kier alpha value is -3.28. The van der Waals surface area contributed by atoms with Crippen LogP contribution in [0.25, 0.3) is 5.57 Å². The smallest absolute Gasteiger partial charge is 0.196 e. The molecule has 3 aliphatic rings. The van der Waals surface area contributed by atoms with Crippen molar-refractivity contribution >= 4 is 11.5 Å². The van der Waals surface area contributed by atoms with Crippen LogP contribution in [0, 0.1) is 5.92 Å². The van der Waals surface area contributed by atoms with Crippen molar-refractivity contribution in [3.05, 3.63) is 77.3 Å². The van der Waals surface area contributed by atoms with Gasteiger partial charge in [-0.1, -0.05) is 30.4 Å². The minimum atomic E-state index is 0.157. The number of benzene rings is 1. The molecule has 1 saturated heterocycles. The fourth-order valence-corrected chi connectivity index (χ4v) is 3.55. The van der Waals surface area contributed by atoms with Gasteiger partial charge in [-0.3, -0.25) is 5.10 Å². The minimum Gasteiger partial charge on any atom is -0.497 e. The molecule has 2 aromatic rings. The molecule has 3 N–H and O–H groups in total. The van der Waals surface area contributed by atoms with Crippen LogP contribution >= 0.6 is 0 Å². The van der Waals surface area contributed by atoms with Crippen LogP contribution in [0.15, 0.2) is 71.1 Å². The predicted molar refractivity (Wildman–Crippen MR) is 100 cm³/mol. The number of allylic oxidation sites excluding steroid dienone is 4. The SMILES string of the molecule is COc1cccc(CN=C2NC3=C[C@H]4C(=C4c4cn[nH]c4)C=CC3N2)c1. The molecule has 130 valence electrons. The first-order valence-corrected chi connectivity index (χ1v) is 8.66. The molecule has 1 aliphatic heterocycles. The number of fused-ring (bicyclic) bond motifs is 2. The highest BCUT2D eigenvalue weighted by Crippen LogP contribution is 2.50. The van der Waals surface area contributed by atoms with Crippen molar-refractivity contribution < 1.29 is 4.74 Å². The Morgan fingerprint density at radius 3 is 3.12 bits per heavy atom. The Morgan fingerprint density at radius 1 is 1.31 bits per heavy atom. The van der Waals surface area contributed by atoms with E-state index in [0.717, 1.165) is 23.0 Å². The summed E-state index contributed by atoms with van der Waals surface area (Å²) in [5.74, 6) is 2.03. The fraction of sp³-hybridized carbons (Fsp3) is 0.200. The lowest BCUT2D eigenvalue weighted by atomic mass is 10.1. The Balaban J connectivity index is 1.31. The number of guanidine groups is 1. The van der Waals surface area contributed by atoms with Crippen LogP contribution in [-0.4, -0.2) is 29.3 Å². The summed E-state index contributed by atoms with van der Waals surface area (Å²) >= 11 is 0. The normalized spacial score (nSPS) is 24.3. The van der Waals surface area contributed by atoms with E-state index in [1.807, 2.05) is 30.6 Å². The van der Waals surface area contributed by atoms with E-state index in [1.165, 1.54) is 16.7 Å². The molecular weight excluding hydrogens is 326 g/mol. The number of H-pyrrole nitrogens is 1.